The maximum absolute atomic E-state index is 9.55. The van der Waals surface area contributed by atoms with Crippen LogP contribution in [0.3, 0.4) is 0 Å². The molecule has 0 aliphatic heterocycles. The number of hydrogen-bond acceptors (Lipinski definition) is 10. The van der Waals surface area contributed by atoms with Gasteiger partial charge in [-0.1, -0.05) is 0 Å². The van der Waals surface area contributed by atoms with E-state index in [0.29, 0.717) is 0 Å². The van der Waals surface area contributed by atoms with Crippen molar-refractivity contribution in [2.24, 2.45) is 0 Å². The Kier molecular flexibility index (Phi) is 5.66. The molecule has 1 rings (SSSR count). The van der Waals surface area contributed by atoms with E-state index in [2.05, 4.69) is 20.2 Å². The van der Waals surface area contributed by atoms with Crippen LogP contribution in [0, 0.1) is 0 Å². The molecule has 0 spiro atoms. The fourth-order valence-electron chi connectivity index (χ4n) is 1.25. The third-order valence-corrected chi connectivity index (χ3v) is 2.33. The number of aliphatic hydroxyl groups excluding tert-OH is 4. The van der Waals surface area contributed by atoms with Crippen molar-refractivity contribution in [1.29, 1.82) is 0 Å². The zero-order valence-electron chi connectivity index (χ0n) is 9.84. The van der Waals surface area contributed by atoms with Crippen molar-refractivity contribution in [3.63, 3.8) is 0 Å². The van der Waals surface area contributed by atoms with E-state index < -0.39 is 24.9 Å². The second kappa shape index (κ2) is 7.01. The Morgan fingerprint density at radius 1 is 1.32 bits per heavy atom. The first kappa shape index (κ1) is 15.3. The van der Waals surface area contributed by atoms with E-state index in [4.69, 9.17) is 21.2 Å². The molecule has 1 heterocycles. The van der Waals surface area contributed by atoms with E-state index in [9.17, 15) is 10.2 Å². The van der Waals surface area contributed by atoms with Gasteiger partial charge in [-0.15, -0.1) is 0 Å². The number of aromatic nitrogens is 2. The molecule has 8 N–H and O–H groups in total. The Bertz CT molecular complexity index is 406. The molecule has 0 unspecified atom stereocenters. The van der Waals surface area contributed by atoms with Crippen molar-refractivity contribution >= 4 is 11.5 Å². The number of aliphatic hydroxyl groups is 4. The van der Waals surface area contributed by atoms with Crippen molar-refractivity contribution in [2.75, 3.05) is 24.2 Å². The van der Waals surface area contributed by atoms with E-state index in [1.807, 2.05) is 0 Å². The average Bonchev–Trinajstić information content (AvgIpc) is 2.44. The molecule has 1 aromatic rings. The SMILES string of the molecule is Nc1cnc(OO)nc1NC[C@H](O)[C@H](O)[C@H](O)CO. The van der Waals surface area contributed by atoms with Crippen molar-refractivity contribution in [3.8, 4) is 6.01 Å². The number of nitrogens with zero attached hydrogens (tertiary/aromatic N) is 2. The van der Waals surface area contributed by atoms with Crippen LogP contribution in [0.15, 0.2) is 6.20 Å². The molecule has 0 bridgehead atoms. The minimum atomic E-state index is -1.53. The van der Waals surface area contributed by atoms with Crippen molar-refractivity contribution in [3.05, 3.63) is 6.20 Å². The summed E-state index contributed by atoms with van der Waals surface area (Å²) in [6.45, 7) is -0.888. The Morgan fingerprint density at radius 2 is 2.00 bits per heavy atom. The standard InChI is InChI=1S/C9H16N4O6/c10-4-1-12-9(19-18)13-8(4)11-2-5(15)7(17)6(16)3-14/h1,5-7,14-18H,2-3,10H2,(H,11,12,13)/t5-,6+,7-/m0/s1. The van der Waals surface area contributed by atoms with E-state index in [1.54, 1.807) is 0 Å². The number of anilines is 2. The van der Waals surface area contributed by atoms with Crippen LogP contribution in [0.4, 0.5) is 11.5 Å². The first-order chi connectivity index (χ1) is 8.99. The predicted molar refractivity (Wildman–Crippen MR) is 63.3 cm³/mol. The van der Waals surface area contributed by atoms with Gasteiger partial charge in [0.25, 0.3) is 0 Å². The minimum Gasteiger partial charge on any atom is -0.394 e. The van der Waals surface area contributed by atoms with E-state index in [0.717, 1.165) is 0 Å². The third kappa shape index (κ3) is 4.15. The number of nitrogens with one attached hydrogen (secondary N) is 1. The zero-order valence-corrected chi connectivity index (χ0v) is 9.84. The van der Waals surface area contributed by atoms with Crippen LogP contribution < -0.4 is 15.9 Å². The summed E-state index contributed by atoms with van der Waals surface area (Å²) < 4.78 is 0. The molecule has 0 radical (unpaired) electrons. The van der Waals surface area contributed by atoms with Gasteiger partial charge in [0.2, 0.25) is 0 Å². The summed E-state index contributed by atoms with van der Waals surface area (Å²) >= 11 is 0. The van der Waals surface area contributed by atoms with Crippen LogP contribution in [-0.4, -0.2) is 67.1 Å². The Hall–Kier alpha value is -1.72. The van der Waals surface area contributed by atoms with E-state index in [-0.39, 0.29) is 24.1 Å². The molecular formula is C9H16N4O6. The van der Waals surface area contributed by atoms with Gasteiger partial charge in [0.05, 0.1) is 24.6 Å². The zero-order chi connectivity index (χ0) is 14.4. The molecule has 1 aromatic heterocycles. The van der Waals surface area contributed by atoms with Gasteiger partial charge in [-0.05, 0) is 0 Å². The van der Waals surface area contributed by atoms with Gasteiger partial charge in [-0.3, -0.25) is 4.89 Å². The summed E-state index contributed by atoms with van der Waals surface area (Å²) in [6.07, 6.45) is -3.19. The summed E-state index contributed by atoms with van der Waals surface area (Å²) in [4.78, 5) is 11.0. The fourth-order valence-corrected chi connectivity index (χ4v) is 1.25. The van der Waals surface area contributed by atoms with Gasteiger partial charge in [-0.25, -0.2) is 0 Å². The van der Waals surface area contributed by atoms with E-state index in [1.165, 1.54) is 6.20 Å². The number of nitrogen functional groups attached to an aromatic ring is 1. The molecule has 0 aliphatic rings. The Labute approximate surface area is 108 Å². The molecule has 10 nitrogen and oxygen atoms in total. The highest BCUT2D eigenvalue weighted by Crippen LogP contribution is 2.16. The van der Waals surface area contributed by atoms with Crippen molar-refractivity contribution in [2.45, 2.75) is 18.3 Å². The van der Waals surface area contributed by atoms with Gasteiger partial charge in [0, 0.05) is 6.54 Å². The second-order valence-electron chi connectivity index (χ2n) is 3.74. The van der Waals surface area contributed by atoms with Gasteiger partial charge < -0.3 is 31.5 Å². The van der Waals surface area contributed by atoms with Gasteiger partial charge in [0.15, 0.2) is 5.82 Å². The molecule has 0 aliphatic carbocycles. The molecule has 10 heteroatoms. The monoisotopic (exact) mass is 276 g/mol. The van der Waals surface area contributed by atoms with Crippen LogP contribution in [0.25, 0.3) is 0 Å². The third-order valence-electron chi connectivity index (χ3n) is 2.33. The number of rotatable bonds is 7. The molecular weight excluding hydrogens is 260 g/mol. The molecule has 19 heavy (non-hydrogen) atoms. The molecule has 0 saturated carbocycles. The Balaban J connectivity index is 2.61. The number of hydrogen-bond donors (Lipinski definition) is 7. The summed E-state index contributed by atoms with van der Waals surface area (Å²) in [5.41, 5.74) is 5.66. The molecule has 0 aromatic carbocycles. The molecule has 0 fully saturated rings. The minimum absolute atomic E-state index is 0.0730. The molecule has 3 atom stereocenters. The summed E-state index contributed by atoms with van der Waals surface area (Å²) in [7, 11) is 0. The highest BCUT2D eigenvalue weighted by molar-refractivity contribution is 5.59. The lowest BCUT2D eigenvalue weighted by molar-refractivity contribution is -0.145. The fraction of sp³-hybridized carbons (Fsp3) is 0.556. The van der Waals surface area contributed by atoms with Gasteiger partial charge in [0.1, 0.15) is 12.2 Å². The second-order valence-corrected chi connectivity index (χ2v) is 3.74. The largest absolute Gasteiger partial charge is 0.394 e. The summed E-state index contributed by atoms with van der Waals surface area (Å²) in [6, 6.07) is -0.345. The molecule has 0 amide bonds. The van der Waals surface area contributed by atoms with Crippen molar-refractivity contribution < 1.29 is 30.6 Å². The first-order valence-corrected chi connectivity index (χ1v) is 5.32. The van der Waals surface area contributed by atoms with Gasteiger partial charge >= 0.3 is 6.01 Å². The van der Waals surface area contributed by atoms with Crippen LogP contribution in [0.1, 0.15) is 0 Å². The summed E-state index contributed by atoms with van der Waals surface area (Å²) in [5.74, 6) is 0.0730. The molecule has 108 valence electrons. The quantitative estimate of drug-likeness (QED) is 0.206. The topological polar surface area (TPSA) is 174 Å². The predicted octanol–water partition coefficient (Wildman–Crippen LogP) is -2.60. The van der Waals surface area contributed by atoms with Crippen LogP contribution in [-0.2, 0) is 0 Å². The lowest BCUT2D eigenvalue weighted by Gasteiger charge is -2.22. The number of nitrogens with two attached hydrogens (primary N) is 1. The highest BCUT2D eigenvalue weighted by Gasteiger charge is 2.24. The molecule has 0 saturated heterocycles. The van der Waals surface area contributed by atoms with E-state index >= 15 is 0 Å². The first-order valence-electron chi connectivity index (χ1n) is 5.32. The van der Waals surface area contributed by atoms with Gasteiger partial charge in [-0.2, -0.15) is 15.2 Å². The highest BCUT2D eigenvalue weighted by atomic mass is 17.1. The van der Waals surface area contributed by atoms with Crippen LogP contribution in [0.5, 0.6) is 6.01 Å². The average molecular weight is 276 g/mol. The normalized spacial score (nSPS) is 15.6. The maximum Gasteiger partial charge on any atom is 0.355 e. The van der Waals surface area contributed by atoms with Crippen LogP contribution >= 0.6 is 0 Å². The Morgan fingerprint density at radius 3 is 2.58 bits per heavy atom. The lowest BCUT2D eigenvalue weighted by Crippen LogP contribution is -2.43. The maximum atomic E-state index is 9.55. The summed E-state index contributed by atoms with van der Waals surface area (Å²) in [5, 5.41) is 47.7. The van der Waals surface area contributed by atoms with Crippen LogP contribution in [0.2, 0.25) is 0 Å². The van der Waals surface area contributed by atoms with Crippen molar-refractivity contribution in [1.82, 2.24) is 9.97 Å². The lowest BCUT2D eigenvalue weighted by atomic mass is 10.1. The smallest absolute Gasteiger partial charge is 0.355 e.